The van der Waals surface area contributed by atoms with Gasteiger partial charge < -0.3 is 19.3 Å². The van der Waals surface area contributed by atoms with Gasteiger partial charge in [-0.3, -0.25) is 4.79 Å². The van der Waals surface area contributed by atoms with E-state index in [1.807, 2.05) is 39.0 Å². The summed E-state index contributed by atoms with van der Waals surface area (Å²) in [6.45, 7) is 5.89. The van der Waals surface area contributed by atoms with Crippen LogP contribution in [0.4, 0.5) is 5.69 Å². The standard InChI is InChI=1S/C23H25N3O4/c1-14(2)22-25-23(30-26-22)18-8-6-7-15(3)21(18)24-20(27)12-9-16-13-17(28-4)10-11-19(16)29-5/h6-14H,1-5H3,(H,24,27)/b12-9+. The van der Waals surface area contributed by atoms with Crippen molar-refractivity contribution in [1.82, 2.24) is 10.1 Å². The fourth-order valence-corrected chi connectivity index (χ4v) is 2.89. The highest BCUT2D eigenvalue weighted by Gasteiger charge is 2.17. The molecule has 0 spiro atoms. The van der Waals surface area contributed by atoms with E-state index >= 15 is 0 Å². The monoisotopic (exact) mass is 407 g/mol. The maximum atomic E-state index is 12.7. The fourth-order valence-electron chi connectivity index (χ4n) is 2.89. The van der Waals surface area contributed by atoms with Gasteiger partial charge in [0.15, 0.2) is 5.82 Å². The summed E-state index contributed by atoms with van der Waals surface area (Å²) in [5.74, 6) is 2.16. The number of aromatic nitrogens is 2. The van der Waals surface area contributed by atoms with E-state index in [0.29, 0.717) is 34.5 Å². The van der Waals surface area contributed by atoms with Crippen LogP contribution in [-0.2, 0) is 4.79 Å². The maximum absolute atomic E-state index is 12.7. The van der Waals surface area contributed by atoms with E-state index in [2.05, 4.69) is 15.5 Å². The van der Waals surface area contributed by atoms with Gasteiger partial charge in [-0.25, -0.2) is 0 Å². The van der Waals surface area contributed by atoms with E-state index in [4.69, 9.17) is 14.0 Å². The number of nitrogens with zero attached hydrogens (tertiary/aromatic N) is 2. The summed E-state index contributed by atoms with van der Waals surface area (Å²) in [6.07, 6.45) is 3.12. The third kappa shape index (κ3) is 4.68. The Morgan fingerprint density at radius 3 is 2.63 bits per heavy atom. The zero-order valence-corrected chi connectivity index (χ0v) is 17.7. The highest BCUT2D eigenvalue weighted by Crippen LogP contribution is 2.31. The third-order valence-electron chi connectivity index (χ3n) is 4.56. The molecule has 0 saturated carbocycles. The summed E-state index contributed by atoms with van der Waals surface area (Å²) >= 11 is 0. The molecule has 1 N–H and O–H groups in total. The third-order valence-corrected chi connectivity index (χ3v) is 4.56. The molecule has 3 rings (SSSR count). The number of methoxy groups -OCH3 is 2. The molecular weight excluding hydrogens is 382 g/mol. The van der Waals surface area contributed by atoms with Crippen LogP contribution in [0.25, 0.3) is 17.5 Å². The number of aryl methyl sites for hydroxylation is 1. The molecule has 0 aliphatic heterocycles. The van der Waals surface area contributed by atoms with Gasteiger partial charge in [-0.1, -0.05) is 31.1 Å². The van der Waals surface area contributed by atoms with Crippen LogP contribution in [0.3, 0.4) is 0 Å². The van der Waals surface area contributed by atoms with Crippen molar-refractivity contribution in [2.24, 2.45) is 0 Å². The number of hydrogen-bond donors (Lipinski definition) is 1. The van der Waals surface area contributed by atoms with E-state index in [-0.39, 0.29) is 11.8 Å². The summed E-state index contributed by atoms with van der Waals surface area (Å²) in [7, 11) is 3.17. The van der Waals surface area contributed by atoms with Gasteiger partial charge >= 0.3 is 0 Å². The average molecular weight is 407 g/mol. The van der Waals surface area contributed by atoms with Crippen molar-refractivity contribution in [3.05, 3.63) is 59.4 Å². The van der Waals surface area contributed by atoms with Crippen LogP contribution in [-0.4, -0.2) is 30.3 Å². The van der Waals surface area contributed by atoms with Gasteiger partial charge in [-0.2, -0.15) is 4.98 Å². The Morgan fingerprint density at radius 1 is 1.17 bits per heavy atom. The van der Waals surface area contributed by atoms with Crippen molar-refractivity contribution in [1.29, 1.82) is 0 Å². The van der Waals surface area contributed by atoms with E-state index < -0.39 is 0 Å². The minimum Gasteiger partial charge on any atom is -0.497 e. The first-order valence-corrected chi connectivity index (χ1v) is 9.57. The summed E-state index contributed by atoms with van der Waals surface area (Å²) in [4.78, 5) is 17.1. The zero-order valence-electron chi connectivity index (χ0n) is 17.7. The van der Waals surface area contributed by atoms with Gasteiger partial charge in [0.2, 0.25) is 5.91 Å². The fraction of sp³-hybridized carbons (Fsp3) is 0.261. The Morgan fingerprint density at radius 2 is 1.97 bits per heavy atom. The predicted molar refractivity (Wildman–Crippen MR) is 116 cm³/mol. The molecule has 7 heteroatoms. The van der Waals surface area contributed by atoms with Crippen molar-refractivity contribution in [2.75, 3.05) is 19.5 Å². The molecule has 0 aliphatic rings. The van der Waals surface area contributed by atoms with Crippen LogP contribution < -0.4 is 14.8 Å². The van der Waals surface area contributed by atoms with Crippen molar-refractivity contribution in [3.63, 3.8) is 0 Å². The molecule has 0 aliphatic carbocycles. The second kappa shape index (κ2) is 9.26. The number of carbonyl (C=O) groups excluding carboxylic acids is 1. The maximum Gasteiger partial charge on any atom is 0.260 e. The Bertz CT molecular complexity index is 1070. The summed E-state index contributed by atoms with van der Waals surface area (Å²) in [5, 5.41) is 6.94. The van der Waals surface area contributed by atoms with Crippen molar-refractivity contribution >= 4 is 17.7 Å². The Labute approximate surface area is 175 Å². The molecule has 2 aromatic carbocycles. The number of anilines is 1. The zero-order chi connectivity index (χ0) is 21.7. The molecule has 3 aromatic rings. The number of carbonyl (C=O) groups is 1. The molecule has 1 amide bonds. The number of rotatable bonds is 7. The predicted octanol–water partition coefficient (Wildman–Crippen LogP) is 4.84. The first-order chi connectivity index (χ1) is 14.4. The lowest BCUT2D eigenvalue weighted by molar-refractivity contribution is -0.111. The second-order valence-corrected chi connectivity index (χ2v) is 7.04. The van der Waals surface area contributed by atoms with Gasteiger partial charge in [-0.05, 0) is 42.8 Å². The van der Waals surface area contributed by atoms with Crippen LogP contribution in [0.2, 0.25) is 0 Å². The first-order valence-electron chi connectivity index (χ1n) is 9.57. The molecule has 0 radical (unpaired) electrons. The lowest BCUT2D eigenvalue weighted by Gasteiger charge is -2.10. The number of benzene rings is 2. The van der Waals surface area contributed by atoms with Crippen LogP contribution >= 0.6 is 0 Å². The highest BCUT2D eigenvalue weighted by atomic mass is 16.5. The van der Waals surface area contributed by atoms with E-state index in [1.54, 1.807) is 38.5 Å². The van der Waals surface area contributed by atoms with E-state index in [0.717, 1.165) is 11.1 Å². The average Bonchev–Trinajstić information content (AvgIpc) is 3.24. The van der Waals surface area contributed by atoms with Gasteiger partial charge in [0, 0.05) is 17.6 Å². The minimum absolute atomic E-state index is 0.145. The SMILES string of the molecule is COc1ccc(OC)c(/C=C/C(=O)Nc2c(C)cccc2-c2nc(C(C)C)no2)c1. The Kier molecular flexibility index (Phi) is 6.51. The number of hydrogen-bond acceptors (Lipinski definition) is 6. The molecule has 0 saturated heterocycles. The van der Waals surface area contributed by atoms with Crippen molar-refractivity contribution in [2.45, 2.75) is 26.7 Å². The number of ether oxygens (including phenoxy) is 2. The van der Waals surface area contributed by atoms with Gasteiger partial charge in [0.25, 0.3) is 5.89 Å². The lowest BCUT2D eigenvalue weighted by atomic mass is 10.1. The first kappa shape index (κ1) is 21.1. The largest absolute Gasteiger partial charge is 0.497 e. The topological polar surface area (TPSA) is 86.5 Å². The van der Waals surface area contributed by atoms with Crippen LogP contribution in [0.15, 0.2) is 47.0 Å². The molecule has 7 nitrogen and oxygen atoms in total. The second-order valence-electron chi connectivity index (χ2n) is 7.04. The van der Waals surface area contributed by atoms with Gasteiger partial charge in [0.1, 0.15) is 11.5 Å². The van der Waals surface area contributed by atoms with Crippen LogP contribution in [0.5, 0.6) is 11.5 Å². The molecule has 0 unspecified atom stereocenters. The Balaban J connectivity index is 1.86. The molecule has 1 aromatic heterocycles. The molecule has 156 valence electrons. The summed E-state index contributed by atoms with van der Waals surface area (Å²) in [5.41, 5.74) is 2.92. The number of amides is 1. The molecule has 0 bridgehead atoms. The smallest absolute Gasteiger partial charge is 0.260 e. The molecule has 30 heavy (non-hydrogen) atoms. The number of para-hydroxylation sites is 1. The minimum atomic E-state index is -0.293. The highest BCUT2D eigenvalue weighted by molar-refractivity contribution is 6.04. The quantitative estimate of drug-likeness (QED) is 0.564. The van der Waals surface area contributed by atoms with Crippen molar-refractivity contribution < 1.29 is 18.8 Å². The van der Waals surface area contributed by atoms with Crippen LogP contribution in [0, 0.1) is 6.92 Å². The van der Waals surface area contributed by atoms with Gasteiger partial charge in [0.05, 0.1) is 25.5 Å². The molecule has 0 atom stereocenters. The molecule has 0 fully saturated rings. The Hall–Kier alpha value is -3.61. The number of nitrogens with one attached hydrogen (secondary N) is 1. The van der Waals surface area contributed by atoms with Gasteiger partial charge in [-0.15, -0.1) is 0 Å². The summed E-state index contributed by atoms with van der Waals surface area (Å²) in [6, 6.07) is 11.0. The van der Waals surface area contributed by atoms with E-state index in [9.17, 15) is 4.79 Å². The molecule has 1 heterocycles. The normalized spacial score (nSPS) is 11.1. The lowest BCUT2D eigenvalue weighted by Crippen LogP contribution is -2.10. The van der Waals surface area contributed by atoms with E-state index in [1.165, 1.54) is 6.08 Å². The van der Waals surface area contributed by atoms with Crippen molar-refractivity contribution in [3.8, 4) is 23.0 Å². The van der Waals surface area contributed by atoms with Crippen LogP contribution in [0.1, 0.15) is 36.7 Å². The molecular formula is C23H25N3O4. The summed E-state index contributed by atoms with van der Waals surface area (Å²) < 4.78 is 16.0.